The van der Waals surface area contributed by atoms with Gasteiger partial charge in [0, 0.05) is 0 Å². The van der Waals surface area contributed by atoms with Crippen LogP contribution < -0.4 is 5.32 Å². The molecule has 0 saturated heterocycles. The molecule has 0 spiro atoms. The van der Waals surface area contributed by atoms with Gasteiger partial charge < -0.3 is 5.32 Å². The zero-order chi connectivity index (χ0) is 13.7. The van der Waals surface area contributed by atoms with Crippen LogP contribution in [0.15, 0.2) is 13.6 Å². The maximum atomic E-state index is 3.68. The van der Waals surface area contributed by atoms with E-state index < -0.39 is 0 Å². The molecule has 1 N–H and O–H groups in total. The van der Waals surface area contributed by atoms with E-state index in [2.05, 4.69) is 50.2 Å². The van der Waals surface area contributed by atoms with E-state index in [1.807, 2.05) is 0 Å². The molecule has 1 aliphatic carbocycles. The second-order valence-electron chi connectivity index (χ2n) is 5.66. The minimum atomic E-state index is 0.607. The summed E-state index contributed by atoms with van der Waals surface area (Å²) in [6.45, 7) is 4.48. The number of aryl methyl sites for hydroxylation is 1. The molecule has 19 heavy (non-hydrogen) atoms. The fourth-order valence-electron chi connectivity index (χ4n) is 3.22. The molecule has 0 radical (unpaired) electrons. The number of thiophene rings is 1. The zero-order valence-electron chi connectivity index (χ0n) is 11.6. The second kappa shape index (κ2) is 7.58. The fourth-order valence-corrected chi connectivity index (χ4v) is 6.14. The quantitative estimate of drug-likeness (QED) is 0.565. The molecule has 1 nitrogen and oxygen atoms in total. The summed E-state index contributed by atoms with van der Waals surface area (Å²) in [6, 6.07) is 2.28. The molecule has 0 amide bonds. The normalized spacial score (nSPS) is 18.1. The predicted molar refractivity (Wildman–Crippen MR) is 92.1 cm³/mol. The highest BCUT2D eigenvalue weighted by atomic mass is 79.9. The zero-order valence-corrected chi connectivity index (χ0v) is 15.6. The lowest BCUT2D eigenvalue weighted by Gasteiger charge is -2.29. The van der Waals surface area contributed by atoms with Crippen LogP contribution in [0.25, 0.3) is 0 Å². The lowest BCUT2D eigenvalue weighted by Crippen LogP contribution is -2.25. The highest BCUT2D eigenvalue weighted by Gasteiger charge is 2.32. The number of halogens is 2. The molecule has 0 aromatic carbocycles. The SMILES string of the molecule is CCNCCC1(CCc2cc(Br)sc2Br)CCCC1. The smallest absolute Gasteiger partial charge is 0.0742 e. The van der Waals surface area contributed by atoms with Crippen molar-refractivity contribution in [2.24, 2.45) is 5.41 Å². The Kier molecular flexibility index (Phi) is 6.38. The number of nitrogens with one attached hydrogen (secondary N) is 1. The first-order valence-corrected chi connectivity index (χ1v) is 9.70. The highest BCUT2D eigenvalue weighted by molar-refractivity contribution is 9.12. The van der Waals surface area contributed by atoms with Gasteiger partial charge in [0.1, 0.15) is 0 Å². The monoisotopic (exact) mass is 407 g/mol. The number of rotatable bonds is 7. The van der Waals surface area contributed by atoms with E-state index in [-0.39, 0.29) is 0 Å². The Hall–Kier alpha value is 0.620. The molecule has 1 aliphatic rings. The van der Waals surface area contributed by atoms with Crippen molar-refractivity contribution in [2.75, 3.05) is 13.1 Å². The summed E-state index contributed by atoms with van der Waals surface area (Å²) < 4.78 is 2.54. The Labute approximate surface area is 137 Å². The van der Waals surface area contributed by atoms with Crippen LogP contribution in [0.3, 0.4) is 0 Å². The second-order valence-corrected chi connectivity index (χ2v) is 9.41. The van der Waals surface area contributed by atoms with Gasteiger partial charge in [-0.2, -0.15) is 0 Å². The first kappa shape index (κ1) is 16.0. The predicted octanol–water partition coefficient (Wildman–Crippen LogP) is 5.77. The molecule has 1 aromatic heterocycles. The largest absolute Gasteiger partial charge is 0.317 e. The van der Waals surface area contributed by atoms with Crippen molar-refractivity contribution in [1.82, 2.24) is 5.32 Å². The van der Waals surface area contributed by atoms with Crippen molar-refractivity contribution in [1.29, 1.82) is 0 Å². The van der Waals surface area contributed by atoms with Crippen LogP contribution in [-0.2, 0) is 6.42 Å². The Bertz CT molecular complexity index is 397. The van der Waals surface area contributed by atoms with E-state index >= 15 is 0 Å². The summed E-state index contributed by atoms with van der Waals surface area (Å²) in [5.74, 6) is 0. The van der Waals surface area contributed by atoms with E-state index in [4.69, 9.17) is 0 Å². The van der Waals surface area contributed by atoms with E-state index in [1.54, 1.807) is 11.3 Å². The van der Waals surface area contributed by atoms with Gasteiger partial charge in [-0.1, -0.05) is 19.8 Å². The third-order valence-corrected chi connectivity index (χ3v) is 6.86. The maximum Gasteiger partial charge on any atom is 0.0742 e. The summed E-state index contributed by atoms with van der Waals surface area (Å²) in [4.78, 5) is 0. The first-order valence-electron chi connectivity index (χ1n) is 7.30. The van der Waals surface area contributed by atoms with Gasteiger partial charge in [-0.25, -0.2) is 0 Å². The molecular weight excluding hydrogens is 386 g/mol. The summed E-state index contributed by atoms with van der Waals surface area (Å²) >= 11 is 9.06. The Balaban J connectivity index is 1.91. The summed E-state index contributed by atoms with van der Waals surface area (Å²) in [6.07, 6.45) is 9.64. The molecule has 1 fully saturated rings. The highest BCUT2D eigenvalue weighted by Crippen LogP contribution is 2.45. The van der Waals surface area contributed by atoms with Crippen LogP contribution in [0, 0.1) is 5.41 Å². The van der Waals surface area contributed by atoms with Crippen LogP contribution >= 0.6 is 43.2 Å². The van der Waals surface area contributed by atoms with Crippen LogP contribution in [0.2, 0.25) is 0 Å². The topological polar surface area (TPSA) is 12.0 Å². The standard InChI is InChI=1S/C15H23Br2NS/c1-2-18-10-9-15(6-3-4-7-15)8-5-12-11-13(16)19-14(12)17/h11,18H,2-10H2,1H3. The molecule has 4 heteroatoms. The average Bonchev–Trinajstić information content (AvgIpc) is 2.95. The van der Waals surface area contributed by atoms with Crippen molar-refractivity contribution >= 4 is 43.2 Å². The van der Waals surface area contributed by atoms with E-state index in [1.165, 1.54) is 64.6 Å². The lowest BCUT2D eigenvalue weighted by molar-refractivity contribution is 0.246. The maximum absolute atomic E-state index is 3.68. The van der Waals surface area contributed by atoms with Gasteiger partial charge in [-0.3, -0.25) is 0 Å². The van der Waals surface area contributed by atoms with Crippen molar-refractivity contribution in [3.8, 4) is 0 Å². The molecule has 0 aliphatic heterocycles. The van der Waals surface area contributed by atoms with Gasteiger partial charge in [-0.15, -0.1) is 11.3 Å². The summed E-state index contributed by atoms with van der Waals surface area (Å²) in [5.41, 5.74) is 2.09. The van der Waals surface area contributed by atoms with Crippen molar-refractivity contribution in [3.63, 3.8) is 0 Å². The van der Waals surface area contributed by atoms with Crippen LogP contribution in [0.4, 0.5) is 0 Å². The molecular formula is C15H23Br2NS. The minimum absolute atomic E-state index is 0.607. The Morgan fingerprint density at radius 3 is 2.58 bits per heavy atom. The molecule has 1 saturated carbocycles. The van der Waals surface area contributed by atoms with Crippen LogP contribution in [-0.4, -0.2) is 13.1 Å². The molecule has 0 atom stereocenters. The molecule has 2 rings (SSSR count). The summed E-state index contributed by atoms with van der Waals surface area (Å²) in [5, 5.41) is 3.50. The molecule has 1 heterocycles. The number of hydrogen-bond acceptors (Lipinski definition) is 2. The van der Waals surface area contributed by atoms with E-state index in [0.717, 1.165) is 6.54 Å². The number of hydrogen-bond donors (Lipinski definition) is 1. The fraction of sp³-hybridized carbons (Fsp3) is 0.733. The molecule has 1 aromatic rings. The van der Waals surface area contributed by atoms with Crippen LogP contribution in [0.5, 0.6) is 0 Å². The van der Waals surface area contributed by atoms with Gasteiger partial charge in [0.15, 0.2) is 0 Å². The van der Waals surface area contributed by atoms with Crippen LogP contribution in [0.1, 0.15) is 51.0 Å². The van der Waals surface area contributed by atoms with Gasteiger partial charge in [0.2, 0.25) is 0 Å². The average molecular weight is 409 g/mol. The van der Waals surface area contributed by atoms with Crippen molar-refractivity contribution < 1.29 is 0 Å². The van der Waals surface area contributed by atoms with Crippen molar-refractivity contribution in [2.45, 2.75) is 51.9 Å². The first-order chi connectivity index (χ1) is 9.15. The van der Waals surface area contributed by atoms with Gasteiger partial charge in [-0.05, 0) is 94.1 Å². The molecule has 0 bridgehead atoms. The van der Waals surface area contributed by atoms with Gasteiger partial charge in [0.05, 0.1) is 7.57 Å². The summed E-state index contributed by atoms with van der Waals surface area (Å²) in [7, 11) is 0. The minimum Gasteiger partial charge on any atom is -0.317 e. The van der Waals surface area contributed by atoms with Crippen molar-refractivity contribution in [3.05, 3.63) is 19.2 Å². The lowest BCUT2D eigenvalue weighted by atomic mass is 9.78. The van der Waals surface area contributed by atoms with Gasteiger partial charge in [0.25, 0.3) is 0 Å². The Morgan fingerprint density at radius 1 is 1.26 bits per heavy atom. The molecule has 0 unspecified atom stereocenters. The Morgan fingerprint density at radius 2 is 2.00 bits per heavy atom. The third-order valence-electron chi connectivity index (χ3n) is 4.40. The van der Waals surface area contributed by atoms with E-state index in [9.17, 15) is 0 Å². The molecule has 108 valence electrons. The third kappa shape index (κ3) is 4.55. The van der Waals surface area contributed by atoms with Gasteiger partial charge >= 0.3 is 0 Å². The van der Waals surface area contributed by atoms with E-state index in [0.29, 0.717) is 5.41 Å².